The number of carbonyl (C=O) groups is 8. The molecule has 3 aromatic carbocycles. The summed E-state index contributed by atoms with van der Waals surface area (Å²) in [6.45, 7) is 10.4. The van der Waals surface area contributed by atoms with Crippen LogP contribution in [0.3, 0.4) is 0 Å². The van der Waals surface area contributed by atoms with Crippen molar-refractivity contribution in [2.75, 3.05) is 86.4 Å². The number of primary amides is 2. The summed E-state index contributed by atoms with van der Waals surface area (Å²) in [6, 6.07) is 28.8. The molecule has 6 fully saturated rings. The predicted molar refractivity (Wildman–Crippen MR) is 416 cm³/mol. The number of amides is 9. The Morgan fingerprint density at radius 3 is 2.22 bits per heavy atom. The molecule has 2 saturated carbocycles. The van der Waals surface area contributed by atoms with Gasteiger partial charge in [0.25, 0.3) is 17.7 Å². The molecule has 7 atom stereocenters. The first-order valence-corrected chi connectivity index (χ1v) is 39.4. The largest absolute Gasteiger partial charge is 0.488 e. The molecule has 7 aliphatic rings. The van der Waals surface area contributed by atoms with Gasteiger partial charge in [-0.3, -0.25) is 43.4 Å². The van der Waals surface area contributed by atoms with Gasteiger partial charge < -0.3 is 81.3 Å². The molecule has 598 valence electrons. The molecule has 2 bridgehead atoms. The van der Waals surface area contributed by atoms with Gasteiger partial charge in [-0.1, -0.05) is 56.7 Å². The number of para-hydroxylation sites is 1. The summed E-state index contributed by atoms with van der Waals surface area (Å²) in [5, 5.41) is 41.6. The van der Waals surface area contributed by atoms with E-state index in [2.05, 4.69) is 69.2 Å². The van der Waals surface area contributed by atoms with E-state index in [1.165, 1.54) is 22.0 Å². The first-order valence-electron chi connectivity index (χ1n) is 39.4. The molecule has 13 rings (SSSR count). The Morgan fingerprint density at radius 1 is 0.796 bits per heavy atom. The van der Waals surface area contributed by atoms with Crippen LogP contribution in [-0.4, -0.2) is 207 Å². The number of piperazine rings is 1. The molecule has 6 aromatic rings. The first kappa shape index (κ1) is 79.8. The van der Waals surface area contributed by atoms with E-state index in [0.717, 1.165) is 84.6 Å². The number of fused-ring (bicyclic) bond motifs is 2. The van der Waals surface area contributed by atoms with E-state index in [1.807, 2.05) is 69.4 Å². The van der Waals surface area contributed by atoms with Crippen molar-refractivity contribution in [3.05, 3.63) is 138 Å². The highest BCUT2D eigenvalue weighted by Gasteiger charge is 2.53. The Bertz CT molecular complexity index is 4450. The number of aliphatic hydroxyl groups excluding tert-OH is 1. The number of pyridine rings is 1. The van der Waals surface area contributed by atoms with Gasteiger partial charge in [-0.05, 0) is 148 Å². The number of urea groups is 1. The highest BCUT2D eigenvalue weighted by molar-refractivity contribution is 6.13. The molecule has 113 heavy (non-hydrogen) atoms. The lowest BCUT2D eigenvalue weighted by atomic mass is 9.67. The molecular formula is C82H101N17O14. The van der Waals surface area contributed by atoms with Crippen LogP contribution in [0.1, 0.15) is 151 Å². The quantitative estimate of drug-likeness (QED) is 0.0122. The number of benzene rings is 3. The SMILES string of the molecule is CC(C)C(C(=O)N1C[C@H](O)C[C@H]1C(=O)N[C@@H](C)c1ccc(C#N)cc1)c1cc(OCCN2CCC(OC3CC(Oc4cc(N5C6CCC5CN(c5cc(-c7ccccc7OCc7ccc(NC(=O)[C@H](CCCNC(N)=O)N(CCCCCN8C(=O)C=CC8=O)C(=O)C8(C(N)=O)CCC8)cc7)nnc5N)C6)ccn4)C3)CC2)no1. The van der Waals surface area contributed by atoms with Gasteiger partial charge >= 0.3 is 6.03 Å². The fraction of sp³-hybridized carbons (Fsp3) is 0.500. The number of nitriles is 1. The lowest BCUT2D eigenvalue weighted by molar-refractivity contribution is -0.159. The maximum Gasteiger partial charge on any atom is 0.312 e. The van der Waals surface area contributed by atoms with Crippen molar-refractivity contribution < 1.29 is 66.9 Å². The number of carbonyl (C=O) groups excluding carboxylic acids is 8. The van der Waals surface area contributed by atoms with Crippen molar-refractivity contribution in [2.24, 2.45) is 22.8 Å². The van der Waals surface area contributed by atoms with Crippen molar-refractivity contribution >= 4 is 70.3 Å². The van der Waals surface area contributed by atoms with Crippen LogP contribution in [0.4, 0.5) is 27.7 Å². The minimum atomic E-state index is -1.46. The fourth-order valence-electron chi connectivity index (χ4n) is 16.5. The van der Waals surface area contributed by atoms with Crippen LogP contribution in [-0.2, 0) is 44.9 Å². The average Bonchev–Trinajstić information content (AvgIpc) is 1.64. The zero-order chi connectivity index (χ0) is 79.5. The number of hydrogen-bond acceptors (Lipinski definition) is 23. The van der Waals surface area contributed by atoms with Crippen molar-refractivity contribution in [3.63, 3.8) is 0 Å². The van der Waals surface area contributed by atoms with E-state index in [9.17, 15) is 48.7 Å². The number of piperidine rings is 1. The van der Waals surface area contributed by atoms with Crippen LogP contribution in [0, 0.1) is 22.7 Å². The molecule has 31 heteroatoms. The highest BCUT2D eigenvalue weighted by Crippen LogP contribution is 2.45. The summed E-state index contributed by atoms with van der Waals surface area (Å²) in [5.41, 5.74) is 22.1. The number of ether oxygens (including phenoxy) is 4. The second kappa shape index (κ2) is 36.1. The Balaban J connectivity index is 0.549. The van der Waals surface area contributed by atoms with Gasteiger partial charge in [0.15, 0.2) is 11.6 Å². The van der Waals surface area contributed by atoms with Crippen LogP contribution in [0.5, 0.6) is 17.5 Å². The normalized spacial score (nSPS) is 21.4. The molecule has 10 N–H and O–H groups in total. The monoisotopic (exact) mass is 1550 g/mol. The van der Waals surface area contributed by atoms with Gasteiger partial charge in [0, 0.05) is 138 Å². The standard InChI is InChI=1S/C82H101N17O14/c1-50(2)74(78(105)98-48-59(100)40-67(98)77(104)89-51(3)54-18-14-52(45-83)15-19-54)69-44-71(93-113-69)109-38-37-94-35-27-60(28-36-94)111-61-41-62(42-61)112-70-39-56(26-32-87-70)99-57-22-23-58(99)47-95(46-57)66-43-64(91-92-75(66)84)63-11-5-6-13-68(63)110-49-53-16-20-55(21-17-53)90-76(103)65(12-9-31-88-81(86)108)96(80(107)82(79(85)106)29-10-30-82)33-7-4-8-34-97-72(101)24-25-73(97)102/h5-6,11,13-21,24-26,32,39,43-44,50-51,57-62,65,67,74,100H,4,7-10,12,22-23,27-31,33-38,40-42,46-49H2,1-3H3,(H2,84,92)(H2,85,106)(H,89,104)(H,90,103)(H3,86,88,108)/t51-,57?,58?,59+,61?,62?,65-,67-,74?/m0/s1. The molecule has 0 spiro atoms. The van der Waals surface area contributed by atoms with E-state index in [1.54, 1.807) is 42.5 Å². The minimum absolute atomic E-state index is 0.00966. The molecule has 8 heterocycles. The number of β-amino-alcohol motifs (C(OH)–C–C–N with tert-alkyl or cyclic N) is 1. The molecule has 31 nitrogen and oxygen atoms in total. The van der Waals surface area contributed by atoms with Gasteiger partial charge in [0.1, 0.15) is 48.5 Å². The molecule has 3 aromatic heterocycles. The molecule has 0 radical (unpaired) electrons. The number of nitrogen functional groups attached to an aromatic ring is 1. The van der Waals surface area contributed by atoms with Gasteiger partial charge in [-0.15, -0.1) is 10.2 Å². The predicted octanol–water partition coefficient (Wildman–Crippen LogP) is 6.80. The van der Waals surface area contributed by atoms with E-state index in [4.69, 9.17) is 40.7 Å². The Kier molecular flexibility index (Phi) is 25.5. The third kappa shape index (κ3) is 18.9. The van der Waals surface area contributed by atoms with Crippen molar-refractivity contribution in [1.29, 1.82) is 5.26 Å². The molecule has 2 aliphatic carbocycles. The molecule has 4 saturated heterocycles. The summed E-state index contributed by atoms with van der Waals surface area (Å²) < 4.78 is 31.4. The zero-order valence-electron chi connectivity index (χ0n) is 64.1. The summed E-state index contributed by atoms with van der Waals surface area (Å²) in [4.78, 5) is 121. The second-order valence-electron chi connectivity index (χ2n) is 31.0. The number of aromatic nitrogens is 4. The maximum absolute atomic E-state index is 14.5. The minimum Gasteiger partial charge on any atom is -0.488 e. The fourth-order valence-corrected chi connectivity index (χ4v) is 16.5. The van der Waals surface area contributed by atoms with Crippen LogP contribution < -0.4 is 57.2 Å². The van der Waals surface area contributed by atoms with Gasteiger partial charge in [-0.2, -0.15) is 5.26 Å². The Hall–Kier alpha value is -11.2. The number of likely N-dealkylation sites (tertiary alicyclic amines) is 2. The van der Waals surface area contributed by atoms with Crippen molar-refractivity contribution in [1.82, 2.24) is 50.6 Å². The third-order valence-corrected chi connectivity index (χ3v) is 23.0. The van der Waals surface area contributed by atoms with E-state index < -0.39 is 59.3 Å². The van der Waals surface area contributed by atoms with E-state index >= 15 is 0 Å². The zero-order valence-corrected chi connectivity index (χ0v) is 64.1. The number of rotatable bonds is 35. The molecule has 3 unspecified atom stereocenters. The summed E-state index contributed by atoms with van der Waals surface area (Å²) in [6.07, 6.45) is 11.9. The third-order valence-electron chi connectivity index (χ3n) is 23.0. The topological polar surface area (TPSA) is 416 Å². The van der Waals surface area contributed by atoms with Crippen molar-refractivity contribution in [2.45, 2.75) is 184 Å². The number of nitrogens with one attached hydrogen (secondary N) is 3. The number of nitrogens with zero attached hydrogens (tertiary/aromatic N) is 11. The number of nitrogens with two attached hydrogens (primary N) is 3. The van der Waals surface area contributed by atoms with Crippen LogP contribution >= 0.6 is 0 Å². The van der Waals surface area contributed by atoms with Crippen molar-refractivity contribution in [3.8, 4) is 34.8 Å². The van der Waals surface area contributed by atoms with Crippen LogP contribution in [0.2, 0.25) is 0 Å². The van der Waals surface area contributed by atoms with Gasteiger partial charge in [0.2, 0.25) is 35.4 Å². The lowest BCUT2D eigenvalue weighted by Crippen LogP contribution is -2.59. The average molecular weight is 1550 g/mol. The molecular weight excluding hydrogens is 1450 g/mol. The number of unbranched alkanes of at least 4 members (excludes halogenated alkanes) is 2. The van der Waals surface area contributed by atoms with Crippen LogP contribution in [0.15, 0.2) is 120 Å². The molecule has 9 amide bonds. The summed E-state index contributed by atoms with van der Waals surface area (Å²) in [5.74, 6) is -2.18. The van der Waals surface area contributed by atoms with Gasteiger partial charge in [0.05, 0.1) is 47.4 Å². The maximum atomic E-state index is 14.5. The lowest BCUT2D eigenvalue weighted by Gasteiger charge is -2.43. The number of hydrogen-bond donors (Lipinski definition) is 7. The Labute approximate surface area is 656 Å². The smallest absolute Gasteiger partial charge is 0.312 e. The highest BCUT2D eigenvalue weighted by atomic mass is 16.5. The summed E-state index contributed by atoms with van der Waals surface area (Å²) in [7, 11) is 0. The second-order valence-corrected chi connectivity index (χ2v) is 31.0. The summed E-state index contributed by atoms with van der Waals surface area (Å²) >= 11 is 0. The number of anilines is 4. The van der Waals surface area contributed by atoms with E-state index in [-0.39, 0.29) is 131 Å². The molecule has 5 aliphatic heterocycles. The number of aliphatic hydroxyl groups is 1. The first-order chi connectivity index (χ1) is 54.6. The van der Waals surface area contributed by atoms with Gasteiger partial charge in [-0.25, -0.2) is 9.78 Å². The van der Waals surface area contributed by atoms with Crippen LogP contribution in [0.25, 0.3) is 11.3 Å². The van der Waals surface area contributed by atoms with E-state index in [0.29, 0.717) is 92.1 Å². The Morgan fingerprint density at radius 2 is 1.53 bits per heavy atom. The number of imide groups is 1.